The SMILES string of the molecule is O=C(Nc1cnccc1C(=O)O)c1ccc(O)cc1. The first-order chi connectivity index (χ1) is 9.08. The fraction of sp³-hybridized carbons (Fsp3) is 0. The van der Waals surface area contributed by atoms with Crippen molar-refractivity contribution in [1.29, 1.82) is 0 Å². The van der Waals surface area contributed by atoms with Crippen LogP contribution in [0.1, 0.15) is 20.7 Å². The molecule has 0 saturated carbocycles. The number of pyridine rings is 1. The summed E-state index contributed by atoms with van der Waals surface area (Å²) in [5, 5.41) is 20.6. The van der Waals surface area contributed by atoms with E-state index in [4.69, 9.17) is 10.2 Å². The first-order valence-electron chi connectivity index (χ1n) is 5.35. The molecule has 0 bridgehead atoms. The van der Waals surface area contributed by atoms with Gasteiger partial charge in [0.25, 0.3) is 5.91 Å². The van der Waals surface area contributed by atoms with Gasteiger partial charge >= 0.3 is 5.97 Å². The van der Waals surface area contributed by atoms with Gasteiger partial charge in [-0.25, -0.2) is 4.79 Å². The lowest BCUT2D eigenvalue weighted by Crippen LogP contribution is -2.14. The summed E-state index contributed by atoms with van der Waals surface area (Å²) in [5.74, 6) is -1.58. The molecule has 0 aliphatic carbocycles. The minimum Gasteiger partial charge on any atom is -0.508 e. The number of phenols is 1. The van der Waals surface area contributed by atoms with Crippen LogP contribution in [0.25, 0.3) is 0 Å². The molecule has 0 unspecified atom stereocenters. The number of carbonyl (C=O) groups is 2. The molecular weight excluding hydrogens is 248 g/mol. The van der Waals surface area contributed by atoms with Crippen molar-refractivity contribution < 1.29 is 19.8 Å². The highest BCUT2D eigenvalue weighted by Crippen LogP contribution is 2.16. The highest BCUT2D eigenvalue weighted by Gasteiger charge is 2.13. The summed E-state index contributed by atoms with van der Waals surface area (Å²) in [6.45, 7) is 0. The minimum atomic E-state index is -1.15. The van der Waals surface area contributed by atoms with E-state index < -0.39 is 11.9 Å². The molecule has 0 saturated heterocycles. The summed E-state index contributed by atoms with van der Waals surface area (Å²) in [4.78, 5) is 26.6. The maximum atomic E-state index is 11.9. The van der Waals surface area contributed by atoms with E-state index in [1.807, 2.05) is 0 Å². The second-order valence-electron chi connectivity index (χ2n) is 3.73. The van der Waals surface area contributed by atoms with Gasteiger partial charge in [0.05, 0.1) is 17.4 Å². The molecule has 1 aromatic heterocycles. The monoisotopic (exact) mass is 258 g/mol. The number of carboxylic acids is 1. The van der Waals surface area contributed by atoms with Crippen molar-refractivity contribution in [2.75, 3.05) is 5.32 Å². The van der Waals surface area contributed by atoms with Gasteiger partial charge in [-0.15, -0.1) is 0 Å². The first kappa shape index (κ1) is 12.6. The molecule has 1 amide bonds. The molecule has 0 fully saturated rings. The molecule has 2 rings (SSSR count). The van der Waals surface area contributed by atoms with Gasteiger partial charge in [-0.1, -0.05) is 0 Å². The van der Waals surface area contributed by atoms with Gasteiger partial charge in [0.15, 0.2) is 0 Å². The number of nitrogens with zero attached hydrogens (tertiary/aromatic N) is 1. The van der Waals surface area contributed by atoms with Crippen molar-refractivity contribution in [2.24, 2.45) is 0 Å². The van der Waals surface area contributed by atoms with Crippen LogP contribution in [-0.4, -0.2) is 27.1 Å². The number of aromatic nitrogens is 1. The van der Waals surface area contributed by atoms with Gasteiger partial charge in [-0.05, 0) is 30.3 Å². The third-order valence-corrected chi connectivity index (χ3v) is 2.43. The zero-order chi connectivity index (χ0) is 13.8. The molecule has 0 radical (unpaired) electrons. The average molecular weight is 258 g/mol. The standard InChI is InChI=1S/C13H10N2O4/c16-9-3-1-8(2-4-9)12(17)15-11-7-14-6-5-10(11)13(18)19/h1-7,16H,(H,15,17)(H,18,19). The number of anilines is 1. The van der Waals surface area contributed by atoms with E-state index in [2.05, 4.69) is 10.3 Å². The van der Waals surface area contributed by atoms with Crippen LogP contribution in [0.3, 0.4) is 0 Å². The number of aromatic carboxylic acids is 1. The van der Waals surface area contributed by atoms with E-state index in [1.165, 1.54) is 42.7 Å². The molecule has 19 heavy (non-hydrogen) atoms. The van der Waals surface area contributed by atoms with E-state index in [0.717, 1.165) is 0 Å². The Morgan fingerprint density at radius 2 is 1.79 bits per heavy atom. The molecular formula is C13H10N2O4. The lowest BCUT2D eigenvalue weighted by molar-refractivity contribution is 0.0698. The Morgan fingerprint density at radius 1 is 1.11 bits per heavy atom. The van der Waals surface area contributed by atoms with Crippen molar-refractivity contribution in [3.63, 3.8) is 0 Å². The van der Waals surface area contributed by atoms with E-state index >= 15 is 0 Å². The second kappa shape index (κ2) is 5.18. The number of amides is 1. The van der Waals surface area contributed by atoms with E-state index in [0.29, 0.717) is 5.56 Å². The highest BCUT2D eigenvalue weighted by molar-refractivity contribution is 6.07. The van der Waals surface area contributed by atoms with E-state index in [9.17, 15) is 9.59 Å². The lowest BCUT2D eigenvalue weighted by atomic mass is 10.2. The number of phenolic OH excluding ortho intramolecular Hbond substituents is 1. The van der Waals surface area contributed by atoms with E-state index in [-0.39, 0.29) is 17.0 Å². The molecule has 0 spiro atoms. The van der Waals surface area contributed by atoms with Gasteiger partial charge in [-0.3, -0.25) is 9.78 Å². The van der Waals surface area contributed by atoms with Crippen molar-refractivity contribution in [3.05, 3.63) is 53.9 Å². The summed E-state index contributed by atoms with van der Waals surface area (Å²) >= 11 is 0. The van der Waals surface area contributed by atoms with Gasteiger partial charge in [0, 0.05) is 11.8 Å². The average Bonchev–Trinajstić information content (AvgIpc) is 2.39. The molecule has 1 aromatic carbocycles. The Morgan fingerprint density at radius 3 is 2.42 bits per heavy atom. The smallest absolute Gasteiger partial charge is 0.337 e. The van der Waals surface area contributed by atoms with Crippen LogP contribution in [0.4, 0.5) is 5.69 Å². The topological polar surface area (TPSA) is 99.5 Å². The quantitative estimate of drug-likeness (QED) is 0.778. The predicted octanol–water partition coefficient (Wildman–Crippen LogP) is 1.74. The lowest BCUT2D eigenvalue weighted by Gasteiger charge is -2.07. The highest BCUT2D eigenvalue weighted by atomic mass is 16.4. The third-order valence-electron chi connectivity index (χ3n) is 2.43. The molecule has 0 atom stereocenters. The van der Waals surface area contributed by atoms with Crippen molar-refractivity contribution in [2.45, 2.75) is 0 Å². The number of nitrogens with one attached hydrogen (secondary N) is 1. The predicted molar refractivity (Wildman–Crippen MR) is 67.3 cm³/mol. The normalized spacial score (nSPS) is 9.89. The van der Waals surface area contributed by atoms with Gasteiger partial charge < -0.3 is 15.5 Å². The number of benzene rings is 1. The Hall–Kier alpha value is -2.89. The molecule has 0 aliphatic rings. The number of carboxylic acid groups (broad SMARTS) is 1. The Bertz CT molecular complexity index is 623. The van der Waals surface area contributed by atoms with Crippen molar-refractivity contribution in [3.8, 4) is 5.75 Å². The van der Waals surface area contributed by atoms with Crippen LogP contribution < -0.4 is 5.32 Å². The zero-order valence-corrected chi connectivity index (χ0v) is 9.70. The Labute approximate surface area is 108 Å². The minimum absolute atomic E-state index is 0.0397. The maximum Gasteiger partial charge on any atom is 0.337 e. The van der Waals surface area contributed by atoms with Gasteiger partial charge in [0.1, 0.15) is 5.75 Å². The fourth-order valence-electron chi connectivity index (χ4n) is 1.49. The number of rotatable bonds is 3. The zero-order valence-electron chi connectivity index (χ0n) is 9.70. The molecule has 3 N–H and O–H groups in total. The van der Waals surface area contributed by atoms with Crippen LogP contribution in [0.2, 0.25) is 0 Å². The molecule has 2 aromatic rings. The van der Waals surface area contributed by atoms with Crippen LogP contribution in [-0.2, 0) is 0 Å². The molecule has 96 valence electrons. The number of carbonyl (C=O) groups excluding carboxylic acids is 1. The van der Waals surface area contributed by atoms with Crippen LogP contribution in [0.5, 0.6) is 5.75 Å². The molecule has 1 heterocycles. The fourth-order valence-corrected chi connectivity index (χ4v) is 1.49. The third kappa shape index (κ3) is 2.86. The van der Waals surface area contributed by atoms with Gasteiger partial charge in [0.2, 0.25) is 0 Å². The molecule has 0 aliphatic heterocycles. The maximum absolute atomic E-state index is 11.9. The van der Waals surface area contributed by atoms with Crippen LogP contribution in [0, 0.1) is 0 Å². The summed E-state index contributed by atoms with van der Waals surface area (Å²) in [5.41, 5.74) is 0.383. The molecule has 6 nitrogen and oxygen atoms in total. The first-order valence-corrected chi connectivity index (χ1v) is 5.35. The number of hydrogen-bond donors (Lipinski definition) is 3. The summed E-state index contributed by atoms with van der Waals surface area (Å²) in [7, 11) is 0. The van der Waals surface area contributed by atoms with Crippen molar-refractivity contribution in [1.82, 2.24) is 4.98 Å². The van der Waals surface area contributed by atoms with Crippen LogP contribution in [0.15, 0.2) is 42.7 Å². The van der Waals surface area contributed by atoms with E-state index in [1.54, 1.807) is 0 Å². The number of aromatic hydroxyl groups is 1. The summed E-state index contributed by atoms with van der Waals surface area (Å²) in [6, 6.07) is 6.91. The second-order valence-corrected chi connectivity index (χ2v) is 3.73. The number of hydrogen-bond acceptors (Lipinski definition) is 4. The Balaban J connectivity index is 2.24. The van der Waals surface area contributed by atoms with Crippen LogP contribution >= 0.6 is 0 Å². The largest absolute Gasteiger partial charge is 0.508 e. The summed E-state index contributed by atoms with van der Waals surface area (Å²) < 4.78 is 0. The molecule has 6 heteroatoms. The van der Waals surface area contributed by atoms with Crippen molar-refractivity contribution >= 4 is 17.6 Å². The summed E-state index contributed by atoms with van der Waals surface area (Å²) in [6.07, 6.45) is 2.60. The Kier molecular flexibility index (Phi) is 3.42. The van der Waals surface area contributed by atoms with Gasteiger partial charge in [-0.2, -0.15) is 0 Å².